The number of carbonyl (C=O) groups excluding carboxylic acids is 1. The van der Waals surface area contributed by atoms with Crippen LogP contribution in [-0.2, 0) is 14.3 Å². The Hall–Kier alpha value is -2.21. The first-order valence-corrected chi connectivity index (χ1v) is 6.58. The van der Waals surface area contributed by atoms with Crippen LogP contribution in [0.3, 0.4) is 0 Å². The Bertz CT molecular complexity index is 644. The highest BCUT2D eigenvalue weighted by atomic mass is 19.1. The number of carbonyl (C=O) groups is 2. The van der Waals surface area contributed by atoms with Crippen LogP contribution in [0, 0.1) is 17.7 Å². The van der Waals surface area contributed by atoms with Crippen molar-refractivity contribution >= 4 is 17.6 Å². The molecule has 2 aliphatic heterocycles. The van der Waals surface area contributed by atoms with Crippen LogP contribution in [0.5, 0.6) is 0 Å². The Kier molecular flexibility index (Phi) is 3.06. The third-order valence-electron chi connectivity index (χ3n) is 4.04. The second kappa shape index (κ2) is 4.66. The number of carboxylic acids is 1. The van der Waals surface area contributed by atoms with Gasteiger partial charge in [-0.25, -0.2) is 4.39 Å². The van der Waals surface area contributed by atoms with Gasteiger partial charge >= 0.3 is 5.97 Å². The van der Waals surface area contributed by atoms with Gasteiger partial charge in [0, 0.05) is 0 Å². The number of aliphatic carboxylic acids is 1. The third-order valence-corrected chi connectivity index (χ3v) is 4.04. The molecule has 2 aliphatic rings. The summed E-state index contributed by atoms with van der Waals surface area (Å²) in [5.74, 6) is -4.08. The third kappa shape index (κ3) is 2.12. The molecule has 2 bridgehead atoms. The van der Waals surface area contributed by atoms with Gasteiger partial charge in [-0.2, -0.15) is 0 Å². The summed E-state index contributed by atoms with van der Waals surface area (Å²) in [6.07, 6.45) is 2.73. The number of hydrogen-bond donors (Lipinski definition) is 2. The monoisotopic (exact) mass is 291 g/mol. The zero-order valence-corrected chi connectivity index (χ0v) is 11.2. The van der Waals surface area contributed by atoms with E-state index < -0.39 is 41.2 Å². The average molecular weight is 291 g/mol. The smallest absolute Gasteiger partial charge is 0.310 e. The number of hydrogen-bond acceptors (Lipinski definition) is 3. The van der Waals surface area contributed by atoms with Crippen molar-refractivity contribution in [3.05, 3.63) is 42.2 Å². The minimum Gasteiger partial charge on any atom is -0.481 e. The molecule has 0 saturated carbocycles. The minimum atomic E-state index is -1.10. The maximum Gasteiger partial charge on any atom is 0.310 e. The maximum atomic E-state index is 13.6. The predicted octanol–water partition coefficient (Wildman–Crippen LogP) is 1.81. The number of benzene rings is 1. The molecule has 1 amide bonds. The summed E-state index contributed by atoms with van der Waals surface area (Å²) in [7, 11) is 0. The molecule has 2 N–H and O–H groups in total. The molecule has 2 heterocycles. The highest BCUT2D eigenvalue weighted by Gasteiger charge is 2.59. The van der Waals surface area contributed by atoms with Gasteiger partial charge in [-0.15, -0.1) is 0 Å². The van der Waals surface area contributed by atoms with Gasteiger partial charge in [-0.05, 0) is 19.1 Å². The van der Waals surface area contributed by atoms with Gasteiger partial charge in [0.25, 0.3) is 0 Å². The van der Waals surface area contributed by atoms with E-state index in [0.29, 0.717) is 0 Å². The molecule has 1 fully saturated rings. The molecule has 0 aromatic heterocycles. The van der Waals surface area contributed by atoms with Gasteiger partial charge in [0.05, 0.1) is 23.3 Å². The summed E-state index contributed by atoms with van der Waals surface area (Å²) in [6.45, 7) is 1.66. The van der Waals surface area contributed by atoms with Crippen LogP contribution in [0.4, 0.5) is 10.1 Å². The zero-order valence-electron chi connectivity index (χ0n) is 11.2. The summed E-state index contributed by atoms with van der Waals surface area (Å²) in [5.41, 5.74) is -0.940. The van der Waals surface area contributed by atoms with Gasteiger partial charge in [0.1, 0.15) is 11.7 Å². The van der Waals surface area contributed by atoms with E-state index in [4.69, 9.17) is 4.74 Å². The van der Waals surface area contributed by atoms with Crippen molar-refractivity contribution < 1.29 is 23.8 Å². The molecule has 0 spiro atoms. The normalized spacial score (nSPS) is 33.1. The van der Waals surface area contributed by atoms with Crippen LogP contribution in [-0.4, -0.2) is 28.7 Å². The van der Waals surface area contributed by atoms with E-state index in [2.05, 4.69) is 5.32 Å². The van der Waals surface area contributed by atoms with Gasteiger partial charge in [-0.1, -0.05) is 24.3 Å². The van der Waals surface area contributed by atoms with Gasteiger partial charge in [0.15, 0.2) is 0 Å². The largest absolute Gasteiger partial charge is 0.481 e. The lowest BCUT2D eigenvalue weighted by atomic mass is 9.75. The summed E-state index contributed by atoms with van der Waals surface area (Å²) in [6, 6.07) is 5.75. The number of amides is 1. The number of para-hydroxylation sites is 1. The lowest BCUT2D eigenvalue weighted by molar-refractivity contribution is -0.146. The SMILES string of the molecule is C[C@@]12C=C[C@@H](O1)[C@H](C(=O)O)[C@H]2C(=O)Nc1ccccc1F. The molecular formula is C15H14FNO4. The second-order valence-electron chi connectivity index (χ2n) is 5.44. The number of fused-ring (bicyclic) bond motifs is 2. The average Bonchev–Trinajstić information content (AvgIpc) is 2.94. The predicted molar refractivity (Wildman–Crippen MR) is 72.1 cm³/mol. The molecule has 4 atom stereocenters. The van der Waals surface area contributed by atoms with Gasteiger partial charge in [-0.3, -0.25) is 9.59 Å². The van der Waals surface area contributed by atoms with E-state index in [9.17, 15) is 19.1 Å². The van der Waals surface area contributed by atoms with E-state index in [-0.39, 0.29) is 5.69 Å². The molecule has 21 heavy (non-hydrogen) atoms. The van der Waals surface area contributed by atoms with Crippen LogP contribution in [0.15, 0.2) is 36.4 Å². The molecule has 1 aromatic carbocycles. The van der Waals surface area contributed by atoms with Crippen molar-refractivity contribution in [2.24, 2.45) is 11.8 Å². The van der Waals surface area contributed by atoms with Crippen molar-refractivity contribution in [1.82, 2.24) is 0 Å². The first-order chi connectivity index (χ1) is 9.92. The van der Waals surface area contributed by atoms with Gasteiger partial charge in [0.2, 0.25) is 5.91 Å². The van der Waals surface area contributed by atoms with Gasteiger partial charge < -0.3 is 15.2 Å². The molecule has 1 saturated heterocycles. The van der Waals surface area contributed by atoms with E-state index in [1.807, 2.05) is 0 Å². The Morgan fingerprint density at radius 3 is 2.76 bits per heavy atom. The Labute approximate surface area is 120 Å². The molecule has 3 rings (SSSR count). The number of halogens is 1. The fraction of sp³-hybridized carbons (Fsp3) is 0.333. The molecule has 0 radical (unpaired) electrons. The zero-order chi connectivity index (χ0) is 15.2. The van der Waals surface area contributed by atoms with Crippen LogP contribution < -0.4 is 5.32 Å². The standard InChI is InChI=1S/C15H14FNO4/c1-15-7-6-10(21-15)11(14(19)20)12(15)13(18)17-9-5-3-2-4-8(9)16/h2-7,10-12H,1H3,(H,17,18)(H,19,20)/t10-,11+,12+,15+/m1/s1. The number of nitrogens with one attached hydrogen (secondary N) is 1. The minimum absolute atomic E-state index is 0.0296. The Morgan fingerprint density at radius 1 is 1.38 bits per heavy atom. The lowest BCUT2D eigenvalue weighted by Gasteiger charge is -2.27. The number of rotatable bonds is 3. The van der Waals surface area contributed by atoms with Crippen LogP contribution in [0.2, 0.25) is 0 Å². The van der Waals surface area contributed by atoms with Crippen molar-refractivity contribution in [1.29, 1.82) is 0 Å². The van der Waals surface area contributed by atoms with E-state index >= 15 is 0 Å². The van der Waals surface area contributed by atoms with Crippen LogP contribution in [0.1, 0.15) is 6.92 Å². The molecule has 0 unspecified atom stereocenters. The summed E-state index contributed by atoms with van der Waals surface area (Å²) in [5, 5.41) is 11.8. The van der Waals surface area contributed by atoms with Crippen molar-refractivity contribution in [3.63, 3.8) is 0 Å². The first-order valence-electron chi connectivity index (χ1n) is 6.58. The van der Waals surface area contributed by atoms with E-state index in [1.54, 1.807) is 25.1 Å². The first kappa shape index (κ1) is 13.8. The second-order valence-corrected chi connectivity index (χ2v) is 5.44. The molecule has 110 valence electrons. The topological polar surface area (TPSA) is 75.6 Å². The lowest BCUT2D eigenvalue weighted by Crippen LogP contribution is -2.44. The fourth-order valence-electron chi connectivity index (χ4n) is 3.05. The fourth-order valence-corrected chi connectivity index (χ4v) is 3.05. The maximum absolute atomic E-state index is 13.6. The highest BCUT2D eigenvalue weighted by Crippen LogP contribution is 2.47. The van der Waals surface area contributed by atoms with Crippen LogP contribution in [0.25, 0.3) is 0 Å². The van der Waals surface area contributed by atoms with E-state index in [1.165, 1.54) is 18.2 Å². The molecule has 0 aliphatic carbocycles. The quantitative estimate of drug-likeness (QED) is 0.833. The molecule has 6 heteroatoms. The van der Waals surface area contributed by atoms with Crippen LogP contribution >= 0.6 is 0 Å². The highest BCUT2D eigenvalue weighted by molar-refractivity contribution is 5.97. The van der Waals surface area contributed by atoms with Crippen molar-refractivity contribution in [2.45, 2.75) is 18.6 Å². The van der Waals surface area contributed by atoms with E-state index in [0.717, 1.165) is 0 Å². The number of anilines is 1. The summed E-state index contributed by atoms with van der Waals surface area (Å²) in [4.78, 5) is 23.8. The molecule has 5 nitrogen and oxygen atoms in total. The Morgan fingerprint density at radius 2 is 2.10 bits per heavy atom. The molecule has 1 aromatic rings. The summed E-state index contributed by atoms with van der Waals surface area (Å²) >= 11 is 0. The molecular weight excluding hydrogens is 277 g/mol. The Balaban J connectivity index is 1.88. The van der Waals surface area contributed by atoms with Crippen molar-refractivity contribution in [3.8, 4) is 0 Å². The van der Waals surface area contributed by atoms with Crippen molar-refractivity contribution in [2.75, 3.05) is 5.32 Å². The number of carboxylic acid groups (broad SMARTS) is 1. The number of ether oxygens (including phenoxy) is 1. The summed E-state index contributed by atoms with van der Waals surface area (Å²) < 4.78 is 19.2.